The highest BCUT2D eigenvalue weighted by atomic mass is 16.6. The molecule has 1 unspecified atom stereocenters. The maximum absolute atomic E-state index is 11.3. The zero-order chi connectivity index (χ0) is 15.1. The molecule has 0 radical (unpaired) electrons. The van der Waals surface area contributed by atoms with Gasteiger partial charge < -0.3 is 10.6 Å². The van der Waals surface area contributed by atoms with E-state index in [-0.39, 0.29) is 23.4 Å². The van der Waals surface area contributed by atoms with Crippen LogP contribution in [0.5, 0.6) is 0 Å². The summed E-state index contributed by atoms with van der Waals surface area (Å²) in [6.07, 6.45) is 3.13. The molecule has 2 N–H and O–H groups in total. The third-order valence-electron chi connectivity index (χ3n) is 2.76. The number of anilines is 2. The topological polar surface area (TPSA) is 93.0 Å². The maximum Gasteiger partial charge on any atom is 0.353 e. The van der Waals surface area contributed by atoms with E-state index in [1.165, 1.54) is 6.33 Å². The largest absolute Gasteiger partial charge is 0.364 e. The Morgan fingerprint density at radius 3 is 2.50 bits per heavy atom. The SMILES string of the molecule is CCCNc1ncnc(NC(C)CC(C)C)c1[N+](=O)[O-]. The molecule has 0 aliphatic carbocycles. The van der Waals surface area contributed by atoms with Crippen LogP contribution in [0.4, 0.5) is 17.3 Å². The summed E-state index contributed by atoms with van der Waals surface area (Å²) >= 11 is 0. The second-order valence-electron chi connectivity index (χ2n) is 5.28. The summed E-state index contributed by atoms with van der Waals surface area (Å²) in [7, 11) is 0. The average molecular weight is 281 g/mol. The second kappa shape index (κ2) is 7.62. The molecule has 0 saturated heterocycles. The molecular weight excluding hydrogens is 258 g/mol. The average Bonchev–Trinajstić information content (AvgIpc) is 2.34. The van der Waals surface area contributed by atoms with E-state index in [0.29, 0.717) is 12.5 Å². The Morgan fingerprint density at radius 2 is 1.95 bits per heavy atom. The molecule has 1 aromatic heterocycles. The van der Waals surface area contributed by atoms with Crippen molar-refractivity contribution >= 4 is 17.3 Å². The lowest BCUT2D eigenvalue weighted by Gasteiger charge is -2.17. The number of hydrogen-bond donors (Lipinski definition) is 2. The smallest absolute Gasteiger partial charge is 0.353 e. The molecule has 0 amide bonds. The Morgan fingerprint density at radius 1 is 1.30 bits per heavy atom. The molecule has 1 heterocycles. The van der Waals surface area contributed by atoms with Crippen LogP contribution in [0, 0.1) is 16.0 Å². The molecule has 1 atom stereocenters. The molecule has 1 rings (SSSR count). The molecule has 0 aliphatic rings. The zero-order valence-corrected chi connectivity index (χ0v) is 12.5. The van der Waals surface area contributed by atoms with Crippen molar-refractivity contribution in [1.29, 1.82) is 0 Å². The molecule has 20 heavy (non-hydrogen) atoms. The van der Waals surface area contributed by atoms with Crippen molar-refractivity contribution in [3.8, 4) is 0 Å². The van der Waals surface area contributed by atoms with Gasteiger partial charge in [-0.05, 0) is 25.7 Å². The predicted molar refractivity (Wildman–Crippen MR) is 80.0 cm³/mol. The molecule has 0 saturated carbocycles. The molecular formula is C13H23N5O2. The van der Waals surface area contributed by atoms with Crippen molar-refractivity contribution < 1.29 is 4.92 Å². The molecule has 7 nitrogen and oxygen atoms in total. The Balaban J connectivity index is 2.97. The fourth-order valence-corrected chi connectivity index (χ4v) is 2.03. The minimum Gasteiger partial charge on any atom is -0.364 e. The van der Waals surface area contributed by atoms with Gasteiger partial charge in [0, 0.05) is 12.6 Å². The molecule has 0 aromatic carbocycles. The van der Waals surface area contributed by atoms with Crippen molar-refractivity contribution in [3.63, 3.8) is 0 Å². The van der Waals surface area contributed by atoms with Crippen LogP contribution < -0.4 is 10.6 Å². The lowest BCUT2D eigenvalue weighted by atomic mass is 10.1. The van der Waals surface area contributed by atoms with Crippen LogP contribution in [-0.4, -0.2) is 27.5 Å². The van der Waals surface area contributed by atoms with Crippen LogP contribution >= 0.6 is 0 Å². The third kappa shape index (κ3) is 4.64. The van der Waals surface area contributed by atoms with E-state index in [9.17, 15) is 10.1 Å². The number of nitro groups is 1. The van der Waals surface area contributed by atoms with Gasteiger partial charge >= 0.3 is 5.69 Å². The van der Waals surface area contributed by atoms with Crippen molar-refractivity contribution in [2.75, 3.05) is 17.2 Å². The summed E-state index contributed by atoms with van der Waals surface area (Å²) in [6.45, 7) is 8.84. The molecule has 7 heteroatoms. The van der Waals surface area contributed by atoms with Crippen LogP contribution in [0.15, 0.2) is 6.33 Å². The van der Waals surface area contributed by atoms with Crippen molar-refractivity contribution in [1.82, 2.24) is 9.97 Å². The van der Waals surface area contributed by atoms with Gasteiger partial charge in [0.05, 0.1) is 4.92 Å². The maximum atomic E-state index is 11.3. The first-order chi connectivity index (χ1) is 9.45. The molecule has 0 aliphatic heterocycles. The van der Waals surface area contributed by atoms with Gasteiger partial charge in [0.15, 0.2) is 0 Å². The molecule has 112 valence electrons. The first kappa shape index (κ1) is 16.1. The number of rotatable bonds is 8. The Kier molecular flexibility index (Phi) is 6.14. The minimum atomic E-state index is -0.442. The molecule has 0 bridgehead atoms. The van der Waals surface area contributed by atoms with E-state index >= 15 is 0 Å². The van der Waals surface area contributed by atoms with Crippen molar-refractivity contribution in [2.24, 2.45) is 5.92 Å². The lowest BCUT2D eigenvalue weighted by Crippen LogP contribution is -2.20. The summed E-state index contributed by atoms with van der Waals surface area (Å²) in [5.74, 6) is 1.05. The summed E-state index contributed by atoms with van der Waals surface area (Å²) in [6, 6.07) is 0.114. The quantitative estimate of drug-likeness (QED) is 0.562. The van der Waals surface area contributed by atoms with Gasteiger partial charge in [-0.2, -0.15) is 0 Å². The summed E-state index contributed by atoms with van der Waals surface area (Å²) in [4.78, 5) is 18.8. The Labute approximate surface area is 119 Å². The predicted octanol–water partition coefficient (Wildman–Crippen LogP) is 3.05. The number of hydrogen-bond acceptors (Lipinski definition) is 6. The van der Waals surface area contributed by atoms with Gasteiger partial charge in [0.25, 0.3) is 0 Å². The first-order valence-electron chi connectivity index (χ1n) is 6.95. The summed E-state index contributed by atoms with van der Waals surface area (Å²) in [5, 5.41) is 17.3. The van der Waals surface area contributed by atoms with E-state index < -0.39 is 4.92 Å². The fraction of sp³-hybridized carbons (Fsp3) is 0.692. The summed E-state index contributed by atoms with van der Waals surface area (Å²) < 4.78 is 0. The minimum absolute atomic E-state index is 0.0865. The number of nitrogens with zero attached hydrogens (tertiary/aromatic N) is 3. The highest BCUT2D eigenvalue weighted by molar-refractivity contribution is 5.69. The lowest BCUT2D eigenvalue weighted by molar-refractivity contribution is -0.383. The Bertz CT molecular complexity index is 450. The van der Waals surface area contributed by atoms with Crippen LogP contribution in [0.2, 0.25) is 0 Å². The van der Waals surface area contributed by atoms with E-state index in [0.717, 1.165) is 12.8 Å². The second-order valence-corrected chi connectivity index (χ2v) is 5.28. The van der Waals surface area contributed by atoms with Crippen molar-refractivity contribution in [3.05, 3.63) is 16.4 Å². The van der Waals surface area contributed by atoms with Crippen LogP contribution in [0.3, 0.4) is 0 Å². The van der Waals surface area contributed by atoms with Crippen molar-refractivity contribution in [2.45, 2.75) is 46.6 Å². The van der Waals surface area contributed by atoms with E-state index in [1.54, 1.807) is 0 Å². The summed E-state index contributed by atoms with van der Waals surface area (Å²) in [5.41, 5.74) is -0.0865. The van der Waals surface area contributed by atoms with Gasteiger partial charge in [-0.15, -0.1) is 0 Å². The first-order valence-corrected chi connectivity index (χ1v) is 6.95. The molecule has 0 spiro atoms. The Hall–Kier alpha value is -1.92. The van der Waals surface area contributed by atoms with Gasteiger partial charge in [0.1, 0.15) is 6.33 Å². The van der Waals surface area contributed by atoms with Gasteiger partial charge in [-0.25, -0.2) is 9.97 Å². The molecule has 1 aromatic rings. The highest BCUT2D eigenvalue weighted by Gasteiger charge is 2.23. The fourth-order valence-electron chi connectivity index (χ4n) is 2.03. The van der Waals surface area contributed by atoms with E-state index in [2.05, 4.69) is 34.4 Å². The van der Waals surface area contributed by atoms with Gasteiger partial charge in [-0.3, -0.25) is 10.1 Å². The monoisotopic (exact) mass is 281 g/mol. The van der Waals surface area contributed by atoms with E-state index in [4.69, 9.17) is 0 Å². The number of aromatic nitrogens is 2. The van der Waals surface area contributed by atoms with Crippen LogP contribution in [0.25, 0.3) is 0 Å². The van der Waals surface area contributed by atoms with Gasteiger partial charge in [0.2, 0.25) is 11.6 Å². The number of nitrogens with one attached hydrogen (secondary N) is 2. The highest BCUT2D eigenvalue weighted by Crippen LogP contribution is 2.29. The van der Waals surface area contributed by atoms with Crippen LogP contribution in [-0.2, 0) is 0 Å². The zero-order valence-electron chi connectivity index (χ0n) is 12.5. The normalized spacial score (nSPS) is 12.2. The molecule has 0 fully saturated rings. The van der Waals surface area contributed by atoms with E-state index in [1.807, 2.05) is 13.8 Å². The third-order valence-corrected chi connectivity index (χ3v) is 2.76. The van der Waals surface area contributed by atoms with Crippen LogP contribution in [0.1, 0.15) is 40.5 Å². The standard InChI is InChI=1S/C13H23N5O2/c1-5-6-14-12-11(18(19)20)13(16-8-15-12)17-10(4)7-9(2)3/h8-10H,5-7H2,1-4H3,(H2,14,15,16,17). The van der Waals surface area contributed by atoms with Gasteiger partial charge in [-0.1, -0.05) is 20.8 Å².